The number of Topliss-reactive ketones (excluding diaryl/α,β-unsaturated/α-hetero) is 2. The van der Waals surface area contributed by atoms with E-state index in [9.17, 15) is 58.5 Å². The third kappa shape index (κ3) is 16.7. The van der Waals surface area contributed by atoms with Crippen LogP contribution in [-0.2, 0) is 56.1 Å². The minimum absolute atomic E-state index is 0.239. The first kappa shape index (κ1) is 56.3. The molecule has 0 spiro atoms. The maximum atomic E-state index is 13.8. The first-order valence-corrected chi connectivity index (χ1v) is 24.0. The molecule has 0 aliphatic rings. The van der Waals surface area contributed by atoms with Crippen LogP contribution in [0.1, 0.15) is 98.4 Å². The Bertz CT molecular complexity index is 2830. The Morgan fingerprint density at radius 2 is 1.11 bits per heavy atom. The number of nitrogens with two attached hydrogens (primary N) is 1. The lowest BCUT2D eigenvalue weighted by Crippen LogP contribution is -2.51. The second-order valence-corrected chi connectivity index (χ2v) is 18.5. The van der Waals surface area contributed by atoms with Crippen molar-refractivity contribution in [1.82, 2.24) is 30.9 Å². The number of aromatic nitrogens is 3. The summed E-state index contributed by atoms with van der Waals surface area (Å²) < 4.78 is 1.55. The Hall–Kier alpha value is -8.61. The topological polar surface area (TPSA) is 307 Å². The molecule has 0 aliphatic carbocycles. The first-order chi connectivity index (χ1) is 35.2. The molecule has 0 bridgehead atoms. The molecule has 5 atom stereocenters. The molecule has 4 amide bonds. The van der Waals surface area contributed by atoms with Crippen LogP contribution in [0, 0.1) is 24.7 Å². The zero-order chi connectivity index (χ0) is 54.1. The second-order valence-electron chi connectivity index (χ2n) is 18.5. The first-order valence-electron chi connectivity index (χ1n) is 24.0. The standard InChI is InChI=1S/C55H61N7O12/c1-32(2)52(59-54(73)40(23-24-47(66)67)25-45(64)43(29-49(70)71)57-34(4)63)46(65)26-41(27-48(68)69)55(74)58-44(53(56)72)28-42-31-62(61-60-42)30-35-17-21-39(22-18-35)51(37-13-9-6-10-14-37)50(36-11-7-5-8-12-36)38-19-15-33(3)16-20-38/h5-22,31-32,40-41,43-44,52H,23-30H2,1-4H3,(H2,56,72)(H,57,63)(H,58,74)(H,59,73)(H,66,67)(H,68,69)(H,70,71)/b51-50+/t40-,41+,43+,44+,52?/m0/s1. The van der Waals surface area contributed by atoms with Gasteiger partial charge < -0.3 is 37.0 Å². The zero-order valence-electron chi connectivity index (χ0n) is 41.5. The van der Waals surface area contributed by atoms with E-state index in [-0.39, 0.29) is 18.7 Å². The summed E-state index contributed by atoms with van der Waals surface area (Å²) in [6.07, 6.45) is -2.72. The van der Waals surface area contributed by atoms with Gasteiger partial charge in [-0.3, -0.25) is 43.2 Å². The van der Waals surface area contributed by atoms with Crippen LogP contribution in [0.3, 0.4) is 0 Å². The average molecular weight is 1010 g/mol. The minimum Gasteiger partial charge on any atom is -0.481 e. The summed E-state index contributed by atoms with van der Waals surface area (Å²) in [7, 11) is 0. The van der Waals surface area contributed by atoms with Gasteiger partial charge in [0.25, 0.3) is 0 Å². The number of carbonyl (C=O) groups excluding carboxylic acids is 6. The van der Waals surface area contributed by atoms with Gasteiger partial charge in [0, 0.05) is 44.7 Å². The van der Waals surface area contributed by atoms with Crippen molar-refractivity contribution < 1.29 is 58.5 Å². The molecule has 388 valence electrons. The van der Waals surface area contributed by atoms with Crippen molar-refractivity contribution in [2.75, 3.05) is 0 Å². The average Bonchev–Trinajstić information content (AvgIpc) is 3.79. The van der Waals surface area contributed by atoms with Gasteiger partial charge >= 0.3 is 17.9 Å². The monoisotopic (exact) mass is 1010 g/mol. The van der Waals surface area contributed by atoms with Crippen LogP contribution in [0.4, 0.5) is 0 Å². The lowest BCUT2D eigenvalue weighted by atomic mass is 9.85. The molecule has 0 saturated carbocycles. The van der Waals surface area contributed by atoms with Crippen LogP contribution < -0.4 is 21.7 Å². The molecule has 0 saturated heterocycles. The Morgan fingerprint density at radius 3 is 1.61 bits per heavy atom. The fourth-order valence-electron chi connectivity index (χ4n) is 8.44. The van der Waals surface area contributed by atoms with Crippen molar-refractivity contribution in [3.8, 4) is 0 Å². The number of hydrogen-bond acceptors (Lipinski definition) is 11. The maximum Gasteiger partial charge on any atom is 0.305 e. The molecular formula is C55H61N7O12. The van der Waals surface area contributed by atoms with E-state index < -0.39 is 128 Å². The predicted molar refractivity (Wildman–Crippen MR) is 271 cm³/mol. The third-order valence-electron chi connectivity index (χ3n) is 12.2. The molecule has 1 aromatic heterocycles. The highest BCUT2D eigenvalue weighted by Crippen LogP contribution is 2.37. The maximum absolute atomic E-state index is 13.8. The van der Waals surface area contributed by atoms with Crippen molar-refractivity contribution in [2.24, 2.45) is 23.5 Å². The summed E-state index contributed by atoms with van der Waals surface area (Å²) in [5.41, 5.74) is 14.2. The minimum atomic E-state index is -1.56. The number of hydrogen-bond donors (Lipinski definition) is 7. The van der Waals surface area contributed by atoms with E-state index in [1.807, 2.05) is 60.7 Å². The number of nitrogens with zero attached hydrogens (tertiary/aromatic N) is 3. The third-order valence-corrected chi connectivity index (χ3v) is 12.2. The molecule has 8 N–H and O–H groups in total. The number of carboxylic acids is 3. The smallest absolute Gasteiger partial charge is 0.305 e. The van der Waals surface area contributed by atoms with Crippen LogP contribution in [0.25, 0.3) is 11.1 Å². The number of ketones is 2. The number of primary amides is 1. The summed E-state index contributed by atoms with van der Waals surface area (Å²) in [4.78, 5) is 114. The molecule has 19 nitrogen and oxygen atoms in total. The Balaban J connectivity index is 1.30. The second kappa shape index (κ2) is 26.7. The van der Waals surface area contributed by atoms with Crippen molar-refractivity contribution in [3.05, 3.63) is 154 Å². The molecule has 5 aromatic rings. The molecule has 19 heteroatoms. The molecule has 0 aliphatic heterocycles. The van der Waals surface area contributed by atoms with E-state index in [0.717, 1.165) is 51.5 Å². The number of aryl methyl sites for hydroxylation is 1. The Labute approximate surface area is 427 Å². The van der Waals surface area contributed by atoms with Gasteiger partial charge in [-0.1, -0.05) is 134 Å². The van der Waals surface area contributed by atoms with Gasteiger partial charge in [0.05, 0.1) is 43.1 Å². The number of carbonyl (C=O) groups is 9. The van der Waals surface area contributed by atoms with Crippen LogP contribution in [-0.4, -0.2) is 102 Å². The van der Waals surface area contributed by atoms with Gasteiger partial charge in [-0.25, -0.2) is 4.68 Å². The number of aliphatic carboxylic acids is 3. The lowest BCUT2D eigenvalue weighted by molar-refractivity contribution is -0.143. The van der Waals surface area contributed by atoms with E-state index >= 15 is 0 Å². The fraction of sp³-hybridized carbons (Fsp3) is 0.327. The van der Waals surface area contributed by atoms with Crippen LogP contribution in [0.2, 0.25) is 0 Å². The number of carboxylic acid groups (broad SMARTS) is 3. The highest BCUT2D eigenvalue weighted by molar-refractivity contribution is 6.04. The number of benzene rings is 4. The molecule has 0 radical (unpaired) electrons. The van der Waals surface area contributed by atoms with Gasteiger partial charge in [-0.2, -0.15) is 0 Å². The van der Waals surface area contributed by atoms with Crippen molar-refractivity contribution in [2.45, 2.75) is 97.3 Å². The molecule has 1 heterocycles. The van der Waals surface area contributed by atoms with Gasteiger partial charge in [-0.05, 0) is 58.2 Å². The summed E-state index contributed by atoms with van der Waals surface area (Å²) in [6, 6.07) is 32.5. The van der Waals surface area contributed by atoms with E-state index in [0.29, 0.717) is 0 Å². The van der Waals surface area contributed by atoms with Crippen molar-refractivity contribution >= 4 is 64.2 Å². The largest absolute Gasteiger partial charge is 0.481 e. The number of nitrogens with one attached hydrogen (secondary N) is 3. The highest BCUT2D eigenvalue weighted by atomic mass is 16.4. The van der Waals surface area contributed by atoms with Gasteiger partial charge in [-0.15, -0.1) is 5.10 Å². The van der Waals surface area contributed by atoms with Crippen LogP contribution in [0.5, 0.6) is 0 Å². The predicted octanol–water partition coefficient (Wildman–Crippen LogP) is 4.77. The molecule has 1 unspecified atom stereocenters. The summed E-state index contributed by atoms with van der Waals surface area (Å²) in [6.45, 7) is 6.49. The van der Waals surface area contributed by atoms with E-state index in [1.54, 1.807) is 24.7 Å². The number of amides is 4. The molecular weight excluding hydrogens is 951 g/mol. The fourth-order valence-corrected chi connectivity index (χ4v) is 8.44. The van der Waals surface area contributed by atoms with Gasteiger partial charge in [0.15, 0.2) is 11.6 Å². The lowest BCUT2D eigenvalue weighted by Gasteiger charge is -2.26. The van der Waals surface area contributed by atoms with E-state index in [2.05, 4.69) is 81.7 Å². The SMILES string of the molecule is CC(=O)N[C@H](CC(=O)O)C(=O)C[C@H](CCC(=O)O)C(=O)NC(C(=O)C[C@H](CC(=O)O)C(=O)N[C@H](Cc1cn(Cc2ccc(/C(=C(\c3ccccc3)c3ccc(C)cc3)c3ccccc3)cc2)nn1)C(N)=O)C(C)C. The molecule has 5 rings (SSSR count). The normalized spacial score (nSPS) is 13.5. The van der Waals surface area contributed by atoms with E-state index in [4.69, 9.17) is 5.73 Å². The molecule has 4 aromatic carbocycles. The molecule has 74 heavy (non-hydrogen) atoms. The zero-order valence-corrected chi connectivity index (χ0v) is 41.5. The molecule has 0 fully saturated rings. The van der Waals surface area contributed by atoms with Crippen molar-refractivity contribution in [1.29, 1.82) is 0 Å². The van der Waals surface area contributed by atoms with Crippen molar-refractivity contribution in [3.63, 3.8) is 0 Å². The van der Waals surface area contributed by atoms with Gasteiger partial charge in [0.1, 0.15) is 6.04 Å². The quantitative estimate of drug-likeness (QED) is 0.0332. The van der Waals surface area contributed by atoms with Gasteiger partial charge in [0.2, 0.25) is 23.6 Å². The summed E-state index contributed by atoms with van der Waals surface area (Å²) in [5.74, 6) is -13.1. The van der Waals surface area contributed by atoms with Crippen LogP contribution >= 0.6 is 0 Å². The van der Waals surface area contributed by atoms with E-state index in [1.165, 1.54) is 0 Å². The summed E-state index contributed by atoms with van der Waals surface area (Å²) in [5, 5.41) is 43.9. The summed E-state index contributed by atoms with van der Waals surface area (Å²) >= 11 is 0. The highest BCUT2D eigenvalue weighted by Gasteiger charge is 2.35. The van der Waals surface area contributed by atoms with Crippen LogP contribution in [0.15, 0.2) is 115 Å². The Morgan fingerprint density at radius 1 is 0.595 bits per heavy atom. The Kier molecular flexibility index (Phi) is 20.3. The number of rotatable bonds is 28.